The molecule has 0 aliphatic carbocycles. The summed E-state index contributed by atoms with van der Waals surface area (Å²) in [4.78, 5) is 14.8. The van der Waals surface area contributed by atoms with E-state index in [1.807, 2.05) is 13.2 Å². The Kier molecular flexibility index (Phi) is 4.00. The Labute approximate surface area is 87.3 Å². The molecule has 1 N–H and O–H groups in total. The number of aromatic nitrogens is 2. The topological polar surface area (TPSA) is 55.1 Å². The van der Waals surface area contributed by atoms with Crippen LogP contribution in [-0.2, 0) is 6.54 Å². The van der Waals surface area contributed by atoms with Gasteiger partial charge >= 0.3 is 5.97 Å². The van der Waals surface area contributed by atoms with Crippen molar-refractivity contribution in [1.82, 2.24) is 9.55 Å². The molecule has 78 valence electrons. The molecule has 0 amide bonds. The van der Waals surface area contributed by atoms with E-state index in [-0.39, 0.29) is 5.69 Å². The maximum absolute atomic E-state index is 10.8. The van der Waals surface area contributed by atoms with Gasteiger partial charge in [-0.25, -0.2) is 9.78 Å². The van der Waals surface area contributed by atoms with Gasteiger partial charge in [-0.05, 0) is 25.4 Å². The van der Waals surface area contributed by atoms with Crippen molar-refractivity contribution in [1.29, 1.82) is 0 Å². The molecule has 0 aliphatic rings. The molecule has 0 saturated heterocycles. The molecule has 0 aliphatic heterocycles. The summed E-state index contributed by atoms with van der Waals surface area (Å²) >= 11 is 1.76. The van der Waals surface area contributed by atoms with E-state index in [1.165, 1.54) is 6.20 Å². The number of rotatable bonds is 5. The number of hydrogen-bond donors (Lipinski definition) is 1. The largest absolute Gasteiger partial charge is 0.477 e. The average Bonchev–Trinajstić information content (AvgIpc) is 2.48. The predicted octanol–water partition coefficient (Wildman–Crippen LogP) is 1.64. The zero-order valence-electron chi connectivity index (χ0n) is 8.36. The second-order valence-electron chi connectivity index (χ2n) is 2.99. The third-order valence-corrected chi connectivity index (χ3v) is 2.70. The van der Waals surface area contributed by atoms with Crippen LogP contribution in [0.2, 0.25) is 0 Å². The number of hydrogen-bond acceptors (Lipinski definition) is 3. The van der Waals surface area contributed by atoms with Crippen LogP contribution in [0.1, 0.15) is 22.7 Å². The SMILES string of the molecule is CSCCCn1c(C(=O)O)cnc1C. The molecule has 0 unspecified atom stereocenters. The van der Waals surface area contributed by atoms with E-state index >= 15 is 0 Å². The van der Waals surface area contributed by atoms with Crippen molar-refractivity contribution in [2.45, 2.75) is 19.9 Å². The smallest absolute Gasteiger partial charge is 0.354 e. The van der Waals surface area contributed by atoms with Crippen molar-refractivity contribution in [2.24, 2.45) is 0 Å². The number of aromatic carboxylic acids is 1. The maximum atomic E-state index is 10.8. The summed E-state index contributed by atoms with van der Waals surface area (Å²) in [6.45, 7) is 2.56. The van der Waals surface area contributed by atoms with E-state index < -0.39 is 5.97 Å². The Morgan fingerprint density at radius 3 is 3.00 bits per heavy atom. The lowest BCUT2D eigenvalue weighted by Crippen LogP contribution is -2.10. The molecule has 1 rings (SSSR count). The zero-order valence-corrected chi connectivity index (χ0v) is 9.17. The zero-order chi connectivity index (χ0) is 10.6. The molecular formula is C9H14N2O2S. The van der Waals surface area contributed by atoms with E-state index in [2.05, 4.69) is 4.98 Å². The first-order valence-electron chi connectivity index (χ1n) is 4.41. The van der Waals surface area contributed by atoms with Crippen molar-refractivity contribution in [3.63, 3.8) is 0 Å². The van der Waals surface area contributed by atoms with E-state index in [4.69, 9.17) is 5.11 Å². The summed E-state index contributed by atoms with van der Waals surface area (Å²) in [6, 6.07) is 0. The molecule has 1 aromatic rings. The van der Waals surface area contributed by atoms with Crippen LogP contribution in [0.25, 0.3) is 0 Å². The minimum Gasteiger partial charge on any atom is -0.477 e. The molecule has 0 spiro atoms. The lowest BCUT2D eigenvalue weighted by Gasteiger charge is -2.06. The number of nitrogens with zero attached hydrogens (tertiary/aromatic N) is 2. The Bertz CT molecular complexity index is 323. The van der Waals surface area contributed by atoms with Crippen molar-refractivity contribution in [3.05, 3.63) is 17.7 Å². The van der Waals surface area contributed by atoms with Gasteiger partial charge in [0, 0.05) is 6.54 Å². The summed E-state index contributed by atoms with van der Waals surface area (Å²) in [7, 11) is 0. The summed E-state index contributed by atoms with van der Waals surface area (Å²) < 4.78 is 1.75. The van der Waals surface area contributed by atoms with Gasteiger partial charge in [-0.3, -0.25) is 0 Å². The number of aryl methyl sites for hydroxylation is 1. The Balaban J connectivity index is 2.72. The standard InChI is InChI=1S/C9H14N2O2S/c1-7-10-6-8(9(12)13)11(7)4-3-5-14-2/h6H,3-5H2,1-2H3,(H,12,13). The summed E-state index contributed by atoms with van der Waals surface area (Å²) in [5, 5.41) is 8.87. The van der Waals surface area contributed by atoms with Gasteiger partial charge in [-0.1, -0.05) is 0 Å². The van der Waals surface area contributed by atoms with Crippen LogP contribution in [0.15, 0.2) is 6.20 Å². The molecule has 0 bridgehead atoms. The van der Waals surface area contributed by atoms with Crippen LogP contribution in [-0.4, -0.2) is 32.6 Å². The molecule has 1 heterocycles. The van der Waals surface area contributed by atoms with Gasteiger partial charge in [0.2, 0.25) is 0 Å². The molecule has 0 saturated carbocycles. The fourth-order valence-electron chi connectivity index (χ4n) is 1.29. The van der Waals surface area contributed by atoms with Gasteiger partial charge in [0.1, 0.15) is 11.5 Å². The fraction of sp³-hybridized carbons (Fsp3) is 0.556. The molecule has 4 nitrogen and oxygen atoms in total. The van der Waals surface area contributed by atoms with E-state index in [1.54, 1.807) is 16.3 Å². The highest BCUT2D eigenvalue weighted by Gasteiger charge is 2.12. The number of thioether (sulfide) groups is 1. The van der Waals surface area contributed by atoms with E-state index in [0.29, 0.717) is 0 Å². The quantitative estimate of drug-likeness (QED) is 0.757. The van der Waals surface area contributed by atoms with Gasteiger partial charge in [0.25, 0.3) is 0 Å². The maximum Gasteiger partial charge on any atom is 0.354 e. The second-order valence-corrected chi connectivity index (χ2v) is 3.98. The molecule has 0 aromatic carbocycles. The first-order chi connectivity index (χ1) is 6.66. The molecule has 0 atom stereocenters. The number of imidazole rings is 1. The minimum absolute atomic E-state index is 0.281. The lowest BCUT2D eigenvalue weighted by molar-refractivity contribution is 0.0684. The first-order valence-corrected chi connectivity index (χ1v) is 5.80. The Hall–Kier alpha value is -0.970. The van der Waals surface area contributed by atoms with Gasteiger partial charge in [-0.15, -0.1) is 0 Å². The van der Waals surface area contributed by atoms with Crippen molar-refractivity contribution >= 4 is 17.7 Å². The number of carbonyl (C=O) groups is 1. The predicted molar refractivity (Wildman–Crippen MR) is 56.9 cm³/mol. The highest BCUT2D eigenvalue weighted by atomic mass is 32.2. The highest BCUT2D eigenvalue weighted by molar-refractivity contribution is 7.98. The fourth-order valence-corrected chi connectivity index (χ4v) is 1.71. The van der Waals surface area contributed by atoms with Crippen LogP contribution < -0.4 is 0 Å². The van der Waals surface area contributed by atoms with Crippen LogP contribution in [0, 0.1) is 6.92 Å². The van der Waals surface area contributed by atoms with Crippen molar-refractivity contribution in [2.75, 3.05) is 12.0 Å². The third kappa shape index (κ3) is 2.51. The normalized spacial score (nSPS) is 10.4. The number of carboxylic acid groups (broad SMARTS) is 1. The Morgan fingerprint density at radius 1 is 1.71 bits per heavy atom. The van der Waals surface area contributed by atoms with Gasteiger partial charge < -0.3 is 9.67 Å². The van der Waals surface area contributed by atoms with E-state index in [9.17, 15) is 4.79 Å². The summed E-state index contributed by atoms with van der Waals surface area (Å²) in [5.74, 6) is 0.898. The molecule has 14 heavy (non-hydrogen) atoms. The Morgan fingerprint density at radius 2 is 2.43 bits per heavy atom. The highest BCUT2D eigenvalue weighted by Crippen LogP contribution is 2.07. The minimum atomic E-state index is -0.908. The first kappa shape index (κ1) is 11.1. The molecule has 0 radical (unpaired) electrons. The van der Waals surface area contributed by atoms with Crippen LogP contribution in [0.3, 0.4) is 0 Å². The molecular weight excluding hydrogens is 200 g/mol. The average molecular weight is 214 g/mol. The number of carboxylic acids is 1. The summed E-state index contributed by atoms with van der Waals surface area (Å²) in [5.41, 5.74) is 0.281. The monoisotopic (exact) mass is 214 g/mol. The summed E-state index contributed by atoms with van der Waals surface area (Å²) in [6.07, 6.45) is 4.42. The van der Waals surface area contributed by atoms with E-state index in [0.717, 1.165) is 24.5 Å². The van der Waals surface area contributed by atoms with Crippen LogP contribution in [0.5, 0.6) is 0 Å². The van der Waals surface area contributed by atoms with Crippen molar-refractivity contribution < 1.29 is 9.90 Å². The molecule has 1 aromatic heterocycles. The van der Waals surface area contributed by atoms with Gasteiger partial charge in [-0.2, -0.15) is 11.8 Å². The van der Waals surface area contributed by atoms with Crippen LogP contribution in [0.4, 0.5) is 0 Å². The molecule has 5 heteroatoms. The van der Waals surface area contributed by atoms with Crippen molar-refractivity contribution in [3.8, 4) is 0 Å². The van der Waals surface area contributed by atoms with Gasteiger partial charge in [0.05, 0.1) is 6.20 Å². The second kappa shape index (κ2) is 5.05. The lowest BCUT2D eigenvalue weighted by atomic mass is 10.4. The third-order valence-electron chi connectivity index (χ3n) is 2.00. The van der Waals surface area contributed by atoms with Crippen LogP contribution >= 0.6 is 11.8 Å². The van der Waals surface area contributed by atoms with Gasteiger partial charge in [0.15, 0.2) is 0 Å². The molecule has 0 fully saturated rings.